The number of rotatable bonds is 6. The van der Waals surface area contributed by atoms with Crippen LogP contribution >= 0.6 is 0 Å². The van der Waals surface area contributed by atoms with E-state index in [0.717, 1.165) is 11.3 Å². The summed E-state index contributed by atoms with van der Waals surface area (Å²) in [6, 6.07) is 20.7. The van der Waals surface area contributed by atoms with Crippen molar-refractivity contribution in [2.75, 3.05) is 19.0 Å². The maximum Gasteiger partial charge on any atom is 0.259 e. The molecule has 6 nitrogen and oxygen atoms in total. The van der Waals surface area contributed by atoms with E-state index in [-0.39, 0.29) is 11.3 Å². The highest BCUT2D eigenvalue weighted by Gasteiger charge is 2.13. The number of hydrogen-bond donors (Lipinski definition) is 1. The van der Waals surface area contributed by atoms with Crippen molar-refractivity contribution in [2.24, 2.45) is 0 Å². The molecular weight excluding hydrogens is 394 g/mol. The van der Waals surface area contributed by atoms with Gasteiger partial charge in [0, 0.05) is 17.3 Å². The number of methoxy groups -OCH3 is 1. The van der Waals surface area contributed by atoms with Crippen molar-refractivity contribution >= 4 is 22.6 Å². The Balaban J connectivity index is 1.63. The first-order valence-electron chi connectivity index (χ1n) is 9.84. The molecule has 4 aromatic rings. The maximum atomic E-state index is 12.7. The summed E-state index contributed by atoms with van der Waals surface area (Å²) >= 11 is 0. The summed E-state index contributed by atoms with van der Waals surface area (Å²) in [5, 5.41) is 3.19. The topological polar surface area (TPSA) is 77.8 Å². The van der Waals surface area contributed by atoms with Crippen molar-refractivity contribution in [3.8, 4) is 22.8 Å². The fourth-order valence-corrected chi connectivity index (χ4v) is 3.29. The number of carbonyl (C=O) groups excluding carboxylic acids is 1. The molecule has 31 heavy (non-hydrogen) atoms. The fourth-order valence-electron chi connectivity index (χ4n) is 3.29. The Morgan fingerprint density at radius 3 is 2.52 bits per heavy atom. The molecule has 1 N–H and O–H groups in total. The van der Waals surface area contributed by atoms with Crippen LogP contribution in [-0.2, 0) is 0 Å². The van der Waals surface area contributed by atoms with E-state index in [9.17, 15) is 9.59 Å². The molecule has 0 aliphatic heterocycles. The molecule has 0 spiro atoms. The molecular formula is C25H21NO5. The minimum atomic E-state index is -0.327. The second-order valence-corrected chi connectivity index (χ2v) is 6.80. The largest absolute Gasteiger partial charge is 0.496 e. The molecule has 1 aromatic heterocycles. The van der Waals surface area contributed by atoms with Gasteiger partial charge in [0.15, 0.2) is 5.43 Å². The quantitative estimate of drug-likeness (QED) is 0.473. The smallest absolute Gasteiger partial charge is 0.259 e. The average molecular weight is 415 g/mol. The van der Waals surface area contributed by atoms with Gasteiger partial charge in [-0.2, -0.15) is 0 Å². The van der Waals surface area contributed by atoms with Gasteiger partial charge in [0.2, 0.25) is 0 Å². The van der Waals surface area contributed by atoms with Crippen LogP contribution in [0.2, 0.25) is 0 Å². The van der Waals surface area contributed by atoms with E-state index >= 15 is 0 Å². The van der Waals surface area contributed by atoms with E-state index in [0.29, 0.717) is 40.3 Å². The van der Waals surface area contributed by atoms with Crippen LogP contribution in [0, 0.1) is 0 Å². The predicted molar refractivity (Wildman–Crippen MR) is 120 cm³/mol. The van der Waals surface area contributed by atoms with Crippen molar-refractivity contribution in [3.63, 3.8) is 0 Å². The lowest BCUT2D eigenvalue weighted by Gasteiger charge is -2.10. The first-order chi connectivity index (χ1) is 15.1. The minimum Gasteiger partial charge on any atom is -0.496 e. The van der Waals surface area contributed by atoms with E-state index in [1.54, 1.807) is 42.5 Å². The van der Waals surface area contributed by atoms with Crippen molar-refractivity contribution < 1.29 is 18.7 Å². The van der Waals surface area contributed by atoms with Gasteiger partial charge >= 0.3 is 0 Å². The summed E-state index contributed by atoms with van der Waals surface area (Å²) < 4.78 is 16.6. The van der Waals surface area contributed by atoms with Gasteiger partial charge < -0.3 is 19.2 Å². The molecule has 3 aromatic carbocycles. The van der Waals surface area contributed by atoms with Crippen molar-refractivity contribution in [3.05, 3.63) is 88.6 Å². The van der Waals surface area contributed by atoms with Crippen molar-refractivity contribution in [2.45, 2.75) is 6.92 Å². The molecule has 1 heterocycles. The third-order valence-electron chi connectivity index (χ3n) is 4.79. The van der Waals surface area contributed by atoms with E-state index in [4.69, 9.17) is 13.9 Å². The predicted octanol–water partition coefficient (Wildman–Crippen LogP) is 5.12. The van der Waals surface area contributed by atoms with Gasteiger partial charge in [-0.15, -0.1) is 0 Å². The molecule has 0 fully saturated rings. The van der Waals surface area contributed by atoms with Crippen LogP contribution in [-0.4, -0.2) is 19.6 Å². The van der Waals surface area contributed by atoms with Gasteiger partial charge in [0.25, 0.3) is 5.91 Å². The summed E-state index contributed by atoms with van der Waals surface area (Å²) in [5.74, 6) is 1.36. The summed E-state index contributed by atoms with van der Waals surface area (Å²) in [6.07, 6.45) is 0. The Morgan fingerprint density at radius 1 is 1.00 bits per heavy atom. The van der Waals surface area contributed by atoms with Crippen LogP contribution in [0.1, 0.15) is 17.3 Å². The molecule has 0 unspecified atom stereocenters. The zero-order chi connectivity index (χ0) is 21.8. The lowest BCUT2D eigenvalue weighted by molar-refractivity contribution is 0.102. The van der Waals surface area contributed by atoms with Gasteiger partial charge in [-0.3, -0.25) is 9.59 Å². The number of hydrogen-bond acceptors (Lipinski definition) is 5. The zero-order valence-corrected chi connectivity index (χ0v) is 17.2. The molecule has 0 radical (unpaired) electrons. The van der Waals surface area contributed by atoms with Crippen LogP contribution in [0.3, 0.4) is 0 Å². The summed E-state index contributed by atoms with van der Waals surface area (Å²) in [4.78, 5) is 25.4. The van der Waals surface area contributed by atoms with Gasteiger partial charge in [0.05, 0.1) is 24.7 Å². The number of ether oxygens (including phenoxy) is 2. The summed E-state index contributed by atoms with van der Waals surface area (Å²) in [7, 11) is 1.51. The third kappa shape index (κ3) is 4.28. The zero-order valence-electron chi connectivity index (χ0n) is 17.2. The van der Waals surface area contributed by atoms with E-state index < -0.39 is 0 Å². The highest BCUT2D eigenvalue weighted by atomic mass is 16.5. The second-order valence-electron chi connectivity index (χ2n) is 6.80. The highest BCUT2D eigenvalue weighted by Crippen LogP contribution is 2.26. The van der Waals surface area contributed by atoms with Crippen molar-refractivity contribution in [1.29, 1.82) is 0 Å². The standard InChI is InChI=1S/C25H21NO5/c1-3-30-18-11-8-16(9-12-18)24-15-21(27)20-14-17(10-13-23(20)31-24)26-25(28)19-6-4-5-7-22(19)29-2/h4-15H,3H2,1-2H3,(H,26,28). The van der Waals surface area contributed by atoms with E-state index in [1.807, 2.05) is 31.2 Å². The van der Waals surface area contributed by atoms with Gasteiger partial charge in [-0.25, -0.2) is 0 Å². The molecule has 0 atom stereocenters. The normalized spacial score (nSPS) is 10.6. The Bertz CT molecular complexity index is 1290. The van der Waals surface area contributed by atoms with Crippen LogP contribution in [0.4, 0.5) is 5.69 Å². The fraction of sp³-hybridized carbons (Fsp3) is 0.120. The lowest BCUT2D eigenvalue weighted by atomic mass is 10.1. The van der Waals surface area contributed by atoms with E-state index in [2.05, 4.69) is 5.32 Å². The van der Waals surface area contributed by atoms with Crippen LogP contribution < -0.4 is 20.2 Å². The third-order valence-corrected chi connectivity index (χ3v) is 4.79. The number of nitrogens with one attached hydrogen (secondary N) is 1. The van der Waals surface area contributed by atoms with Gasteiger partial charge in [-0.1, -0.05) is 12.1 Å². The van der Waals surface area contributed by atoms with Gasteiger partial charge in [-0.05, 0) is 61.5 Å². The Hall–Kier alpha value is -4.06. The lowest BCUT2D eigenvalue weighted by Crippen LogP contribution is -2.13. The monoisotopic (exact) mass is 415 g/mol. The molecule has 0 bridgehead atoms. The highest BCUT2D eigenvalue weighted by molar-refractivity contribution is 6.06. The Labute approximate surface area is 179 Å². The molecule has 4 rings (SSSR count). The number of para-hydroxylation sites is 1. The maximum absolute atomic E-state index is 12.7. The minimum absolute atomic E-state index is 0.196. The number of amides is 1. The molecule has 0 aliphatic rings. The molecule has 0 saturated carbocycles. The summed E-state index contributed by atoms with van der Waals surface area (Å²) in [5.41, 5.74) is 1.91. The first-order valence-corrected chi connectivity index (χ1v) is 9.84. The van der Waals surface area contributed by atoms with Crippen molar-refractivity contribution in [1.82, 2.24) is 0 Å². The number of anilines is 1. The average Bonchev–Trinajstić information content (AvgIpc) is 2.80. The van der Waals surface area contributed by atoms with Gasteiger partial charge in [0.1, 0.15) is 22.8 Å². The molecule has 1 amide bonds. The molecule has 0 saturated heterocycles. The van der Waals surface area contributed by atoms with Crippen LogP contribution in [0.15, 0.2) is 82.0 Å². The molecule has 156 valence electrons. The number of carbonyl (C=O) groups is 1. The second kappa shape index (κ2) is 8.75. The Morgan fingerprint density at radius 2 is 1.77 bits per heavy atom. The van der Waals surface area contributed by atoms with E-state index in [1.165, 1.54) is 13.2 Å². The molecule has 0 aliphatic carbocycles. The first kappa shape index (κ1) is 20.2. The SMILES string of the molecule is CCOc1ccc(-c2cc(=O)c3cc(NC(=O)c4ccccc4OC)ccc3o2)cc1. The van der Waals surface area contributed by atoms with Crippen LogP contribution in [0.25, 0.3) is 22.3 Å². The van der Waals surface area contributed by atoms with Crippen LogP contribution in [0.5, 0.6) is 11.5 Å². The number of benzene rings is 3. The molecule has 6 heteroatoms. The number of fused-ring (bicyclic) bond motifs is 1. The summed E-state index contributed by atoms with van der Waals surface area (Å²) in [6.45, 7) is 2.50. The Kier molecular flexibility index (Phi) is 5.71.